The van der Waals surface area contributed by atoms with Gasteiger partial charge in [-0.2, -0.15) is 0 Å². The summed E-state index contributed by atoms with van der Waals surface area (Å²) in [6.45, 7) is 2.77. The van der Waals surface area contributed by atoms with Gasteiger partial charge in [0, 0.05) is 37.6 Å². The molecule has 3 heterocycles. The van der Waals surface area contributed by atoms with Gasteiger partial charge < -0.3 is 15.1 Å². The summed E-state index contributed by atoms with van der Waals surface area (Å²) in [5.41, 5.74) is 1.58. The van der Waals surface area contributed by atoms with Crippen LogP contribution in [0.2, 0.25) is 0 Å². The van der Waals surface area contributed by atoms with Gasteiger partial charge in [-0.1, -0.05) is 30.3 Å². The molecule has 0 radical (unpaired) electrons. The van der Waals surface area contributed by atoms with Crippen LogP contribution in [0.4, 0.5) is 10.2 Å². The van der Waals surface area contributed by atoms with Crippen molar-refractivity contribution in [3.8, 4) is 0 Å². The largest absolute Gasteiger partial charge is 0.356 e. The van der Waals surface area contributed by atoms with Crippen LogP contribution in [0, 0.1) is 5.82 Å². The minimum absolute atomic E-state index is 0.0416. The molecule has 3 aromatic rings. The number of rotatable bonds is 4. The van der Waals surface area contributed by atoms with Crippen molar-refractivity contribution in [3.63, 3.8) is 0 Å². The molecule has 6 nitrogen and oxygen atoms in total. The fourth-order valence-electron chi connectivity index (χ4n) is 4.74. The van der Waals surface area contributed by atoms with Crippen molar-refractivity contribution in [3.05, 3.63) is 71.5 Å². The summed E-state index contributed by atoms with van der Waals surface area (Å²) in [7, 11) is 0. The number of carbonyl (C=O) groups is 2. The van der Waals surface area contributed by atoms with E-state index in [0.717, 1.165) is 42.7 Å². The molecule has 1 N–H and O–H groups in total. The zero-order valence-corrected chi connectivity index (χ0v) is 18.5. The maximum Gasteiger partial charge on any atom is 0.256 e. The summed E-state index contributed by atoms with van der Waals surface area (Å²) >= 11 is 0. The van der Waals surface area contributed by atoms with Gasteiger partial charge in [-0.05, 0) is 49.9 Å². The molecule has 0 atom stereocenters. The Kier molecular flexibility index (Phi) is 5.94. The van der Waals surface area contributed by atoms with Crippen LogP contribution in [0.25, 0.3) is 10.9 Å². The highest BCUT2D eigenvalue weighted by atomic mass is 19.1. The van der Waals surface area contributed by atoms with Crippen LogP contribution in [-0.4, -0.2) is 53.9 Å². The van der Waals surface area contributed by atoms with Gasteiger partial charge in [-0.3, -0.25) is 9.59 Å². The van der Waals surface area contributed by atoms with Crippen LogP contribution >= 0.6 is 0 Å². The van der Waals surface area contributed by atoms with Gasteiger partial charge in [-0.25, -0.2) is 9.37 Å². The van der Waals surface area contributed by atoms with Crippen molar-refractivity contribution in [1.29, 1.82) is 0 Å². The maximum absolute atomic E-state index is 14.0. The van der Waals surface area contributed by atoms with E-state index in [1.54, 1.807) is 17.0 Å². The zero-order valence-electron chi connectivity index (χ0n) is 18.5. The minimum atomic E-state index is -0.504. The smallest absolute Gasteiger partial charge is 0.256 e. The number of aromatic nitrogens is 1. The standard InChI is InChI=1S/C26H27FN4O2/c27-22-9-3-2-8-20(22)26(33)31-15-11-19(12-16-31)28-25(32)21-17-18-7-1-4-10-23(18)29-24(21)30-13-5-6-14-30/h1-4,7-10,17,19H,5-6,11-16H2,(H,28,32). The van der Waals surface area contributed by atoms with Crippen molar-refractivity contribution in [2.45, 2.75) is 31.7 Å². The third kappa shape index (κ3) is 4.40. The number of pyridine rings is 1. The molecule has 2 fully saturated rings. The number of fused-ring (bicyclic) bond motifs is 1. The number of halogens is 1. The second-order valence-corrected chi connectivity index (χ2v) is 8.77. The number of anilines is 1. The molecule has 0 bridgehead atoms. The lowest BCUT2D eigenvalue weighted by Gasteiger charge is -2.32. The Balaban J connectivity index is 1.29. The van der Waals surface area contributed by atoms with Crippen molar-refractivity contribution in [2.24, 2.45) is 0 Å². The molecule has 2 aliphatic heterocycles. The van der Waals surface area contributed by atoms with E-state index in [-0.39, 0.29) is 23.4 Å². The molecule has 170 valence electrons. The Bertz CT molecular complexity index is 1180. The van der Waals surface area contributed by atoms with Gasteiger partial charge in [0.1, 0.15) is 11.6 Å². The second kappa shape index (κ2) is 9.17. The molecule has 0 aliphatic carbocycles. The molecule has 2 aliphatic rings. The Morgan fingerprint density at radius 2 is 1.61 bits per heavy atom. The lowest BCUT2D eigenvalue weighted by molar-refractivity contribution is 0.0693. The fourth-order valence-corrected chi connectivity index (χ4v) is 4.74. The van der Waals surface area contributed by atoms with Crippen LogP contribution in [0.3, 0.4) is 0 Å². The molecule has 7 heteroatoms. The van der Waals surface area contributed by atoms with Crippen LogP contribution in [0.15, 0.2) is 54.6 Å². The summed E-state index contributed by atoms with van der Waals surface area (Å²) in [5, 5.41) is 4.10. The second-order valence-electron chi connectivity index (χ2n) is 8.77. The van der Waals surface area contributed by atoms with Gasteiger partial charge in [0.2, 0.25) is 0 Å². The Hall–Kier alpha value is -3.48. The zero-order chi connectivity index (χ0) is 22.8. The topological polar surface area (TPSA) is 65.5 Å². The van der Waals surface area contributed by atoms with Crippen molar-refractivity contribution in [2.75, 3.05) is 31.1 Å². The molecule has 33 heavy (non-hydrogen) atoms. The summed E-state index contributed by atoms with van der Waals surface area (Å²) < 4.78 is 14.0. The van der Waals surface area contributed by atoms with Crippen LogP contribution in [0.5, 0.6) is 0 Å². The number of benzene rings is 2. The average molecular weight is 447 g/mol. The number of nitrogens with one attached hydrogen (secondary N) is 1. The first-order valence-electron chi connectivity index (χ1n) is 11.6. The molecule has 0 unspecified atom stereocenters. The third-order valence-electron chi connectivity index (χ3n) is 6.58. The number of amides is 2. The Morgan fingerprint density at radius 1 is 0.909 bits per heavy atom. The predicted octanol–water partition coefficient (Wildman–Crippen LogP) is 4.01. The lowest BCUT2D eigenvalue weighted by atomic mass is 10.0. The highest BCUT2D eigenvalue weighted by Gasteiger charge is 2.28. The minimum Gasteiger partial charge on any atom is -0.356 e. The Morgan fingerprint density at radius 3 is 2.36 bits per heavy atom. The van der Waals surface area contributed by atoms with E-state index in [1.165, 1.54) is 12.1 Å². The number of hydrogen-bond donors (Lipinski definition) is 1. The first-order valence-corrected chi connectivity index (χ1v) is 11.6. The quantitative estimate of drug-likeness (QED) is 0.658. The molecule has 1 aromatic heterocycles. The van der Waals surface area contributed by atoms with E-state index in [4.69, 9.17) is 4.98 Å². The summed E-state index contributed by atoms with van der Waals surface area (Å²) in [4.78, 5) is 34.7. The number of piperidine rings is 1. The van der Waals surface area contributed by atoms with Crippen molar-refractivity contribution >= 4 is 28.5 Å². The van der Waals surface area contributed by atoms with Crippen LogP contribution in [0.1, 0.15) is 46.4 Å². The molecule has 0 saturated carbocycles. The van der Waals surface area contributed by atoms with Crippen molar-refractivity contribution < 1.29 is 14.0 Å². The van der Waals surface area contributed by atoms with Gasteiger partial charge in [0.25, 0.3) is 11.8 Å². The van der Waals surface area contributed by atoms with Crippen LogP contribution in [-0.2, 0) is 0 Å². The molecule has 5 rings (SSSR count). The molecule has 2 saturated heterocycles. The average Bonchev–Trinajstić information content (AvgIpc) is 3.38. The predicted molar refractivity (Wildman–Crippen MR) is 126 cm³/mol. The van der Waals surface area contributed by atoms with E-state index >= 15 is 0 Å². The number of carbonyl (C=O) groups excluding carboxylic acids is 2. The highest BCUT2D eigenvalue weighted by molar-refractivity contribution is 6.02. The maximum atomic E-state index is 14.0. The van der Waals surface area contributed by atoms with E-state index in [1.807, 2.05) is 30.3 Å². The van der Waals surface area contributed by atoms with Gasteiger partial charge in [0.05, 0.1) is 16.6 Å². The van der Waals surface area contributed by atoms with Gasteiger partial charge >= 0.3 is 0 Å². The third-order valence-corrected chi connectivity index (χ3v) is 6.58. The monoisotopic (exact) mass is 446 g/mol. The molecular weight excluding hydrogens is 419 g/mol. The lowest BCUT2D eigenvalue weighted by Crippen LogP contribution is -2.47. The fraction of sp³-hybridized carbons (Fsp3) is 0.346. The van der Waals surface area contributed by atoms with Crippen molar-refractivity contribution in [1.82, 2.24) is 15.2 Å². The van der Waals surface area contributed by atoms with E-state index < -0.39 is 5.82 Å². The first kappa shape index (κ1) is 21.4. The number of para-hydroxylation sites is 1. The molecule has 2 aromatic carbocycles. The SMILES string of the molecule is O=C(NC1CCN(C(=O)c2ccccc2F)CC1)c1cc2ccccc2nc1N1CCCC1. The van der Waals surface area contributed by atoms with E-state index in [0.29, 0.717) is 31.5 Å². The Labute approximate surface area is 192 Å². The van der Waals surface area contributed by atoms with E-state index in [9.17, 15) is 14.0 Å². The van der Waals surface area contributed by atoms with E-state index in [2.05, 4.69) is 10.2 Å². The summed E-state index contributed by atoms with van der Waals surface area (Å²) in [5.74, 6) is -0.186. The molecular formula is C26H27FN4O2. The number of nitrogens with zero attached hydrogens (tertiary/aromatic N) is 3. The summed E-state index contributed by atoms with van der Waals surface area (Å²) in [6, 6.07) is 15.8. The normalized spacial score (nSPS) is 16.9. The molecule has 0 spiro atoms. The number of likely N-dealkylation sites (tertiary alicyclic amines) is 1. The highest BCUT2D eigenvalue weighted by Crippen LogP contribution is 2.27. The first-order chi connectivity index (χ1) is 16.1. The van der Waals surface area contributed by atoms with Gasteiger partial charge in [0.15, 0.2) is 0 Å². The summed E-state index contributed by atoms with van der Waals surface area (Å²) in [6.07, 6.45) is 3.46. The number of hydrogen-bond acceptors (Lipinski definition) is 4. The van der Waals surface area contributed by atoms with Gasteiger partial charge in [-0.15, -0.1) is 0 Å². The molecule has 2 amide bonds. The van der Waals surface area contributed by atoms with Crippen LogP contribution < -0.4 is 10.2 Å².